The SMILES string of the molecule is CCCCCCCCCOC(=O)c1ccc([C@H]2CC[C@H]([C@H]3CC[C@H](CCC)CC3)CC2)cc1. The highest BCUT2D eigenvalue weighted by Crippen LogP contribution is 2.44. The zero-order valence-corrected chi connectivity index (χ0v) is 21.7. The summed E-state index contributed by atoms with van der Waals surface area (Å²) in [7, 11) is 0. The summed E-state index contributed by atoms with van der Waals surface area (Å²) in [5, 5.41) is 0. The Hall–Kier alpha value is -1.31. The lowest BCUT2D eigenvalue weighted by Crippen LogP contribution is -2.25. The highest BCUT2D eigenvalue weighted by Gasteiger charge is 2.31. The summed E-state index contributed by atoms with van der Waals surface area (Å²) in [5.41, 5.74) is 2.13. The molecule has 33 heavy (non-hydrogen) atoms. The van der Waals surface area contributed by atoms with Gasteiger partial charge in [0.15, 0.2) is 0 Å². The third-order valence-corrected chi connectivity index (χ3v) is 8.63. The van der Waals surface area contributed by atoms with Crippen LogP contribution in [0.5, 0.6) is 0 Å². The molecule has 0 radical (unpaired) electrons. The quantitative estimate of drug-likeness (QED) is 0.219. The standard InChI is InChI=1S/C31H50O2/c1-3-5-6-7-8-9-10-24-33-31(32)30-22-20-29(21-23-30)28-18-16-27(17-19-28)26-14-12-25(11-4-2)13-15-26/h20-23,25-28H,3-19,24H2,1-2H3/t25-,26-,27-,28-. The summed E-state index contributed by atoms with van der Waals surface area (Å²) in [6.07, 6.45) is 22.9. The van der Waals surface area contributed by atoms with Crippen LogP contribution in [-0.4, -0.2) is 12.6 Å². The van der Waals surface area contributed by atoms with Crippen molar-refractivity contribution >= 4 is 5.97 Å². The van der Waals surface area contributed by atoms with E-state index in [1.807, 2.05) is 12.1 Å². The number of hydrogen-bond acceptors (Lipinski definition) is 2. The fourth-order valence-electron chi connectivity index (χ4n) is 6.48. The van der Waals surface area contributed by atoms with E-state index in [2.05, 4.69) is 26.0 Å². The second kappa shape index (κ2) is 14.8. The largest absolute Gasteiger partial charge is 0.462 e. The number of hydrogen-bond donors (Lipinski definition) is 0. The van der Waals surface area contributed by atoms with Crippen LogP contribution in [0.4, 0.5) is 0 Å². The second-order valence-corrected chi connectivity index (χ2v) is 11.1. The molecular formula is C31H50O2. The minimum Gasteiger partial charge on any atom is -0.462 e. The molecule has 0 saturated heterocycles. The second-order valence-electron chi connectivity index (χ2n) is 11.1. The minimum atomic E-state index is -0.157. The van der Waals surface area contributed by atoms with E-state index in [4.69, 9.17) is 4.74 Å². The molecule has 0 atom stereocenters. The van der Waals surface area contributed by atoms with Gasteiger partial charge in [0, 0.05) is 0 Å². The van der Waals surface area contributed by atoms with Crippen LogP contribution < -0.4 is 0 Å². The summed E-state index contributed by atoms with van der Waals surface area (Å²) in [4.78, 5) is 12.4. The lowest BCUT2D eigenvalue weighted by Gasteiger charge is -2.38. The molecule has 2 aliphatic carbocycles. The zero-order chi connectivity index (χ0) is 23.3. The normalized spacial score (nSPS) is 25.6. The van der Waals surface area contributed by atoms with Gasteiger partial charge in [0.1, 0.15) is 0 Å². The molecule has 0 bridgehead atoms. The van der Waals surface area contributed by atoms with E-state index in [-0.39, 0.29) is 5.97 Å². The zero-order valence-electron chi connectivity index (χ0n) is 21.7. The van der Waals surface area contributed by atoms with Gasteiger partial charge in [-0.1, -0.05) is 90.2 Å². The lowest BCUT2D eigenvalue weighted by atomic mass is 9.68. The lowest BCUT2D eigenvalue weighted by molar-refractivity contribution is 0.0497. The Bertz CT molecular complexity index is 648. The Morgan fingerprint density at radius 1 is 0.727 bits per heavy atom. The van der Waals surface area contributed by atoms with Gasteiger partial charge in [-0.15, -0.1) is 0 Å². The summed E-state index contributed by atoms with van der Waals surface area (Å²) in [5.74, 6) is 3.49. The van der Waals surface area contributed by atoms with E-state index >= 15 is 0 Å². The van der Waals surface area contributed by atoms with Crippen LogP contribution >= 0.6 is 0 Å². The number of ether oxygens (including phenoxy) is 1. The number of unbranched alkanes of at least 4 members (excludes halogenated alkanes) is 6. The smallest absolute Gasteiger partial charge is 0.338 e. The van der Waals surface area contributed by atoms with Crippen molar-refractivity contribution in [2.24, 2.45) is 17.8 Å². The molecule has 0 spiro atoms. The monoisotopic (exact) mass is 454 g/mol. The number of carbonyl (C=O) groups is 1. The van der Waals surface area contributed by atoms with Gasteiger partial charge in [-0.05, 0) is 86.3 Å². The molecule has 0 aromatic heterocycles. The van der Waals surface area contributed by atoms with Gasteiger partial charge in [-0.2, -0.15) is 0 Å². The Balaban J connectivity index is 1.33. The van der Waals surface area contributed by atoms with Crippen LogP contribution in [0, 0.1) is 17.8 Å². The van der Waals surface area contributed by atoms with Gasteiger partial charge < -0.3 is 4.74 Å². The fourth-order valence-corrected chi connectivity index (χ4v) is 6.48. The third kappa shape index (κ3) is 8.76. The predicted octanol–water partition coefficient (Wildman–Crippen LogP) is 9.47. The Morgan fingerprint density at radius 3 is 1.91 bits per heavy atom. The van der Waals surface area contributed by atoms with E-state index in [1.165, 1.54) is 108 Å². The fraction of sp³-hybridized carbons (Fsp3) is 0.774. The molecule has 0 unspecified atom stereocenters. The first-order valence-corrected chi connectivity index (χ1v) is 14.5. The van der Waals surface area contributed by atoms with Crippen LogP contribution in [-0.2, 0) is 4.74 Å². The highest BCUT2D eigenvalue weighted by molar-refractivity contribution is 5.89. The first-order valence-electron chi connectivity index (χ1n) is 14.5. The molecule has 0 heterocycles. The van der Waals surface area contributed by atoms with Crippen molar-refractivity contribution in [1.29, 1.82) is 0 Å². The van der Waals surface area contributed by atoms with Gasteiger partial charge in [0.25, 0.3) is 0 Å². The van der Waals surface area contributed by atoms with E-state index in [9.17, 15) is 4.79 Å². The van der Waals surface area contributed by atoms with Gasteiger partial charge in [0.2, 0.25) is 0 Å². The van der Waals surface area contributed by atoms with Crippen LogP contribution in [0.2, 0.25) is 0 Å². The molecule has 2 aliphatic rings. The summed E-state index contributed by atoms with van der Waals surface area (Å²) in [6.45, 7) is 5.13. The maximum absolute atomic E-state index is 12.4. The van der Waals surface area contributed by atoms with Crippen molar-refractivity contribution in [1.82, 2.24) is 0 Å². The molecular weight excluding hydrogens is 404 g/mol. The van der Waals surface area contributed by atoms with Crippen LogP contribution in [0.3, 0.4) is 0 Å². The number of carbonyl (C=O) groups excluding carboxylic acids is 1. The van der Waals surface area contributed by atoms with Crippen molar-refractivity contribution in [2.75, 3.05) is 6.61 Å². The van der Waals surface area contributed by atoms with E-state index in [1.54, 1.807) is 0 Å². The van der Waals surface area contributed by atoms with Crippen molar-refractivity contribution in [2.45, 2.75) is 129 Å². The molecule has 2 heteroatoms. The van der Waals surface area contributed by atoms with Crippen LogP contribution in [0.15, 0.2) is 24.3 Å². The molecule has 0 amide bonds. The third-order valence-electron chi connectivity index (χ3n) is 8.63. The molecule has 0 N–H and O–H groups in total. The van der Waals surface area contributed by atoms with Crippen molar-refractivity contribution in [3.63, 3.8) is 0 Å². The van der Waals surface area contributed by atoms with Gasteiger partial charge in [0.05, 0.1) is 12.2 Å². The highest BCUT2D eigenvalue weighted by atomic mass is 16.5. The predicted molar refractivity (Wildman–Crippen MR) is 140 cm³/mol. The first-order chi connectivity index (χ1) is 16.2. The molecule has 1 aromatic carbocycles. The van der Waals surface area contributed by atoms with E-state index < -0.39 is 0 Å². The van der Waals surface area contributed by atoms with Gasteiger partial charge in [-0.25, -0.2) is 4.79 Å². The first kappa shape index (κ1) is 26.3. The Kier molecular flexibility index (Phi) is 11.8. The Labute approximate surface area is 204 Å². The molecule has 2 fully saturated rings. The minimum absolute atomic E-state index is 0.157. The van der Waals surface area contributed by atoms with Crippen molar-refractivity contribution < 1.29 is 9.53 Å². The molecule has 2 nitrogen and oxygen atoms in total. The summed E-state index contributed by atoms with van der Waals surface area (Å²) >= 11 is 0. The van der Waals surface area contributed by atoms with Crippen molar-refractivity contribution in [3.05, 3.63) is 35.4 Å². The maximum Gasteiger partial charge on any atom is 0.338 e. The maximum atomic E-state index is 12.4. The van der Waals surface area contributed by atoms with Crippen LogP contribution in [0.1, 0.15) is 145 Å². The molecule has 3 rings (SSSR count). The molecule has 186 valence electrons. The van der Waals surface area contributed by atoms with Gasteiger partial charge >= 0.3 is 5.97 Å². The van der Waals surface area contributed by atoms with E-state index in [0.717, 1.165) is 24.2 Å². The van der Waals surface area contributed by atoms with Gasteiger partial charge in [-0.3, -0.25) is 0 Å². The van der Waals surface area contributed by atoms with Crippen molar-refractivity contribution in [3.8, 4) is 0 Å². The molecule has 2 saturated carbocycles. The average molecular weight is 455 g/mol. The molecule has 1 aromatic rings. The number of rotatable bonds is 13. The molecule has 0 aliphatic heterocycles. The summed E-state index contributed by atoms with van der Waals surface area (Å²) in [6, 6.07) is 8.35. The van der Waals surface area contributed by atoms with E-state index in [0.29, 0.717) is 18.1 Å². The number of esters is 1. The topological polar surface area (TPSA) is 26.3 Å². The average Bonchev–Trinajstić information content (AvgIpc) is 2.86. The van der Waals surface area contributed by atoms with Crippen LogP contribution in [0.25, 0.3) is 0 Å². The Morgan fingerprint density at radius 2 is 1.30 bits per heavy atom. The number of benzene rings is 1. The summed E-state index contributed by atoms with van der Waals surface area (Å²) < 4.78 is 5.51.